The Hall–Kier alpha value is -0.850. The highest BCUT2D eigenvalue weighted by Crippen LogP contribution is 2.27. The van der Waals surface area contributed by atoms with Gasteiger partial charge in [-0.1, -0.05) is 6.92 Å². The molecular weight excluding hydrogens is 244 g/mol. The molecule has 0 aromatic rings. The fraction of sp³-hybridized carbons (Fsp3) is 0.800. The average molecular weight is 265 g/mol. The zero-order valence-corrected chi connectivity index (χ0v) is 11.1. The third-order valence-electron chi connectivity index (χ3n) is 2.98. The molecule has 1 aliphatic heterocycles. The molecule has 6 nitrogen and oxygen atoms in total. The molecule has 1 aliphatic rings. The lowest BCUT2D eigenvalue weighted by molar-refractivity contribution is -0.121. The molecule has 3 amide bonds. The molecule has 0 bridgehead atoms. The van der Waals surface area contributed by atoms with Gasteiger partial charge in [0.25, 0.3) is 0 Å². The lowest BCUT2D eigenvalue weighted by Gasteiger charge is -2.22. The summed E-state index contributed by atoms with van der Waals surface area (Å²) in [5.74, 6) is -0.277. The Labute approximate surface area is 108 Å². The summed E-state index contributed by atoms with van der Waals surface area (Å²) >= 11 is 0. The molecule has 1 unspecified atom stereocenters. The zero-order chi connectivity index (χ0) is 12.2. The Morgan fingerprint density at radius 3 is 2.59 bits per heavy atom. The predicted molar refractivity (Wildman–Crippen MR) is 68.1 cm³/mol. The SMILES string of the molecule is CNC(=O)NC(=O)CN1CCC(C)(CN)C1.Cl. The standard InChI is InChI=1S/C10H20N4O2.ClH/c1-10(6-11)3-4-14(7-10)5-8(15)13-9(16)12-2;/h3-7,11H2,1-2H3,(H2,12,13,15,16);1H. The van der Waals surface area contributed by atoms with Crippen molar-refractivity contribution in [1.82, 2.24) is 15.5 Å². The Balaban J connectivity index is 0.00000256. The van der Waals surface area contributed by atoms with Crippen molar-refractivity contribution in [1.29, 1.82) is 0 Å². The summed E-state index contributed by atoms with van der Waals surface area (Å²) in [4.78, 5) is 24.3. The number of carbonyl (C=O) groups excluding carboxylic acids is 2. The molecule has 4 N–H and O–H groups in total. The van der Waals surface area contributed by atoms with Crippen LogP contribution in [0.5, 0.6) is 0 Å². The molecule has 0 radical (unpaired) electrons. The minimum absolute atomic E-state index is 0. The topological polar surface area (TPSA) is 87.5 Å². The number of carbonyl (C=O) groups is 2. The van der Waals surface area contributed by atoms with Gasteiger partial charge in [-0.15, -0.1) is 12.4 Å². The van der Waals surface area contributed by atoms with E-state index < -0.39 is 6.03 Å². The van der Waals surface area contributed by atoms with Gasteiger partial charge in [-0.25, -0.2) is 4.79 Å². The van der Waals surface area contributed by atoms with Crippen molar-refractivity contribution in [2.45, 2.75) is 13.3 Å². The van der Waals surface area contributed by atoms with Crippen LogP contribution in [-0.2, 0) is 4.79 Å². The van der Waals surface area contributed by atoms with Gasteiger partial charge in [-0.05, 0) is 24.9 Å². The first kappa shape index (κ1) is 16.1. The Morgan fingerprint density at radius 1 is 1.47 bits per heavy atom. The van der Waals surface area contributed by atoms with Crippen LogP contribution in [-0.4, -0.2) is 50.1 Å². The van der Waals surface area contributed by atoms with Gasteiger partial charge in [-0.2, -0.15) is 0 Å². The van der Waals surface area contributed by atoms with Crippen LogP contribution >= 0.6 is 12.4 Å². The van der Waals surface area contributed by atoms with Crippen molar-refractivity contribution < 1.29 is 9.59 Å². The third-order valence-corrected chi connectivity index (χ3v) is 2.98. The highest BCUT2D eigenvalue weighted by molar-refractivity contribution is 5.95. The Morgan fingerprint density at radius 2 is 2.12 bits per heavy atom. The van der Waals surface area contributed by atoms with E-state index in [1.807, 2.05) is 4.90 Å². The van der Waals surface area contributed by atoms with E-state index in [0.29, 0.717) is 6.54 Å². The molecule has 1 atom stereocenters. The molecule has 7 heteroatoms. The fourth-order valence-electron chi connectivity index (χ4n) is 1.86. The summed E-state index contributed by atoms with van der Waals surface area (Å²) < 4.78 is 0. The van der Waals surface area contributed by atoms with E-state index in [1.54, 1.807) is 0 Å². The lowest BCUT2D eigenvalue weighted by atomic mass is 9.90. The maximum absolute atomic E-state index is 11.4. The number of rotatable bonds is 3. The number of amides is 3. The van der Waals surface area contributed by atoms with Crippen LogP contribution in [0.2, 0.25) is 0 Å². The number of nitrogens with two attached hydrogens (primary N) is 1. The number of nitrogens with zero attached hydrogens (tertiary/aromatic N) is 1. The molecule has 0 aromatic carbocycles. The summed E-state index contributed by atoms with van der Waals surface area (Å²) in [6.45, 7) is 4.66. The van der Waals surface area contributed by atoms with Crippen molar-refractivity contribution in [2.75, 3.05) is 33.2 Å². The molecule has 1 heterocycles. The van der Waals surface area contributed by atoms with Gasteiger partial charge in [0.2, 0.25) is 5.91 Å². The van der Waals surface area contributed by atoms with Gasteiger partial charge in [0.15, 0.2) is 0 Å². The minimum Gasteiger partial charge on any atom is -0.341 e. The maximum Gasteiger partial charge on any atom is 0.321 e. The quantitative estimate of drug-likeness (QED) is 0.643. The Bertz CT molecular complexity index is 287. The van der Waals surface area contributed by atoms with E-state index in [9.17, 15) is 9.59 Å². The highest BCUT2D eigenvalue weighted by Gasteiger charge is 2.33. The molecule has 0 aliphatic carbocycles. The van der Waals surface area contributed by atoms with Gasteiger partial charge in [0, 0.05) is 13.6 Å². The summed E-state index contributed by atoms with van der Waals surface area (Å²) in [6, 6.07) is -0.467. The second kappa shape index (κ2) is 6.78. The van der Waals surface area contributed by atoms with Crippen molar-refractivity contribution >= 4 is 24.3 Å². The smallest absolute Gasteiger partial charge is 0.321 e. The molecule has 0 aromatic heterocycles. The van der Waals surface area contributed by atoms with E-state index in [-0.39, 0.29) is 30.3 Å². The number of halogens is 1. The number of hydrogen-bond acceptors (Lipinski definition) is 4. The van der Waals surface area contributed by atoms with Gasteiger partial charge in [-0.3, -0.25) is 15.0 Å². The highest BCUT2D eigenvalue weighted by atomic mass is 35.5. The van der Waals surface area contributed by atoms with Crippen molar-refractivity contribution in [3.8, 4) is 0 Å². The second-order valence-electron chi connectivity index (χ2n) is 4.60. The molecule has 1 rings (SSSR count). The lowest BCUT2D eigenvalue weighted by Crippen LogP contribution is -2.43. The van der Waals surface area contributed by atoms with Gasteiger partial charge >= 0.3 is 6.03 Å². The first-order valence-electron chi connectivity index (χ1n) is 5.43. The number of imide groups is 1. The molecule has 1 fully saturated rings. The van der Waals surface area contributed by atoms with Crippen molar-refractivity contribution in [3.63, 3.8) is 0 Å². The number of nitrogens with one attached hydrogen (secondary N) is 2. The van der Waals surface area contributed by atoms with E-state index in [4.69, 9.17) is 5.73 Å². The molecular formula is C10H21ClN4O2. The minimum atomic E-state index is -0.467. The van der Waals surface area contributed by atoms with Crippen molar-refractivity contribution in [3.05, 3.63) is 0 Å². The molecule has 0 saturated carbocycles. The maximum atomic E-state index is 11.4. The van der Waals surface area contributed by atoms with Crippen LogP contribution in [0.3, 0.4) is 0 Å². The van der Waals surface area contributed by atoms with E-state index >= 15 is 0 Å². The van der Waals surface area contributed by atoms with Gasteiger partial charge in [0.05, 0.1) is 6.54 Å². The zero-order valence-electron chi connectivity index (χ0n) is 10.3. The summed E-state index contributed by atoms with van der Waals surface area (Å²) in [7, 11) is 1.48. The first-order chi connectivity index (χ1) is 7.49. The normalized spacial score (nSPS) is 23.9. The van der Waals surface area contributed by atoms with Crippen LogP contribution in [0.15, 0.2) is 0 Å². The van der Waals surface area contributed by atoms with Crippen LogP contribution in [0.25, 0.3) is 0 Å². The monoisotopic (exact) mass is 264 g/mol. The van der Waals surface area contributed by atoms with Crippen LogP contribution in [0, 0.1) is 5.41 Å². The van der Waals surface area contributed by atoms with Gasteiger partial charge in [0.1, 0.15) is 0 Å². The molecule has 100 valence electrons. The van der Waals surface area contributed by atoms with E-state index in [1.165, 1.54) is 7.05 Å². The molecule has 17 heavy (non-hydrogen) atoms. The summed E-state index contributed by atoms with van der Waals surface area (Å²) in [5.41, 5.74) is 5.78. The van der Waals surface area contributed by atoms with Crippen molar-refractivity contribution in [2.24, 2.45) is 11.1 Å². The van der Waals surface area contributed by atoms with E-state index in [0.717, 1.165) is 19.5 Å². The number of urea groups is 1. The van der Waals surface area contributed by atoms with Crippen LogP contribution in [0.4, 0.5) is 4.79 Å². The van der Waals surface area contributed by atoms with Gasteiger partial charge < -0.3 is 11.1 Å². The first-order valence-corrected chi connectivity index (χ1v) is 5.43. The summed E-state index contributed by atoms with van der Waals surface area (Å²) in [6.07, 6.45) is 0.997. The predicted octanol–water partition coefficient (Wildman–Crippen LogP) is -0.465. The Kier molecular flexibility index (Phi) is 6.44. The number of likely N-dealkylation sites (tertiary alicyclic amines) is 1. The second-order valence-corrected chi connectivity index (χ2v) is 4.60. The average Bonchev–Trinajstić information content (AvgIpc) is 2.60. The summed E-state index contributed by atoms with van der Waals surface area (Å²) in [5, 5.41) is 4.58. The molecule has 0 spiro atoms. The largest absolute Gasteiger partial charge is 0.341 e. The molecule has 1 saturated heterocycles. The third kappa shape index (κ3) is 4.89. The van der Waals surface area contributed by atoms with E-state index in [2.05, 4.69) is 17.6 Å². The number of hydrogen-bond donors (Lipinski definition) is 3. The fourth-order valence-corrected chi connectivity index (χ4v) is 1.86. The van der Waals surface area contributed by atoms with Crippen LogP contribution < -0.4 is 16.4 Å². The van der Waals surface area contributed by atoms with Crippen LogP contribution in [0.1, 0.15) is 13.3 Å².